The van der Waals surface area contributed by atoms with E-state index in [0.29, 0.717) is 22.3 Å². The molecule has 3 aliphatic heterocycles. The third kappa shape index (κ3) is 3.08. The van der Waals surface area contributed by atoms with Crippen molar-refractivity contribution in [3.63, 3.8) is 0 Å². The van der Waals surface area contributed by atoms with Crippen molar-refractivity contribution >= 4 is 40.3 Å². The summed E-state index contributed by atoms with van der Waals surface area (Å²) >= 11 is 5.70. The highest BCUT2D eigenvalue weighted by molar-refractivity contribution is 7.81. The molecular formula is C21H21N3O4S. The highest BCUT2D eigenvalue weighted by Gasteiger charge is 2.41. The largest absolute Gasteiger partial charge is 0.454 e. The quantitative estimate of drug-likeness (QED) is 0.720. The summed E-state index contributed by atoms with van der Waals surface area (Å²) < 4.78 is 16.2. The molecule has 1 amide bonds. The van der Waals surface area contributed by atoms with Gasteiger partial charge in [-0.05, 0) is 55.5 Å². The fourth-order valence-corrected chi connectivity index (χ4v) is 4.37. The zero-order valence-corrected chi connectivity index (χ0v) is 16.9. The van der Waals surface area contributed by atoms with Crippen molar-refractivity contribution in [2.24, 2.45) is 0 Å². The van der Waals surface area contributed by atoms with Crippen molar-refractivity contribution < 1.29 is 19.0 Å². The Morgan fingerprint density at radius 2 is 1.59 bits per heavy atom. The van der Waals surface area contributed by atoms with Gasteiger partial charge in [0.05, 0.1) is 18.9 Å². The SMILES string of the molecule is CC1C(=O)N(c2ccc3c(c2)OCO3)C(=S)N1c1ccc(N2CCOCC2)cc1. The molecule has 2 aromatic carbocycles. The molecule has 0 aromatic heterocycles. The molecule has 8 heteroatoms. The van der Waals surface area contributed by atoms with E-state index in [4.69, 9.17) is 26.4 Å². The van der Waals surface area contributed by atoms with E-state index in [1.54, 1.807) is 17.0 Å². The van der Waals surface area contributed by atoms with E-state index < -0.39 is 0 Å². The van der Waals surface area contributed by atoms with Crippen LogP contribution in [-0.2, 0) is 9.53 Å². The standard InChI is InChI=1S/C21H21N3O4S/c1-14-20(25)24(17-6-7-18-19(12-17)28-13-27-18)21(29)23(14)16-4-2-15(3-5-16)22-8-10-26-11-9-22/h2-7,12,14H,8-11,13H2,1H3. The van der Waals surface area contributed by atoms with Gasteiger partial charge in [-0.1, -0.05) is 0 Å². The molecule has 1 unspecified atom stereocenters. The number of nitrogens with zero attached hydrogens (tertiary/aromatic N) is 3. The molecule has 0 radical (unpaired) electrons. The molecule has 3 heterocycles. The molecule has 1 atom stereocenters. The number of thiocarbonyl (C=S) groups is 1. The van der Waals surface area contributed by atoms with Gasteiger partial charge >= 0.3 is 0 Å². The van der Waals surface area contributed by atoms with E-state index in [1.165, 1.54) is 0 Å². The lowest BCUT2D eigenvalue weighted by atomic mass is 10.2. The van der Waals surface area contributed by atoms with Gasteiger partial charge in [-0.15, -0.1) is 0 Å². The first-order valence-corrected chi connectivity index (χ1v) is 10.0. The normalized spacial score (nSPS) is 21.3. The first-order valence-electron chi connectivity index (χ1n) is 9.63. The molecule has 2 aromatic rings. The smallest absolute Gasteiger partial charge is 0.256 e. The van der Waals surface area contributed by atoms with Crippen molar-refractivity contribution in [3.8, 4) is 11.5 Å². The first kappa shape index (κ1) is 18.2. The van der Waals surface area contributed by atoms with E-state index in [2.05, 4.69) is 17.0 Å². The third-order valence-electron chi connectivity index (χ3n) is 5.48. The van der Waals surface area contributed by atoms with Crippen LogP contribution in [0.3, 0.4) is 0 Å². The Bertz CT molecular complexity index is 959. The van der Waals surface area contributed by atoms with Crippen LogP contribution in [0.1, 0.15) is 6.92 Å². The van der Waals surface area contributed by atoms with Crippen LogP contribution in [0.2, 0.25) is 0 Å². The van der Waals surface area contributed by atoms with Crippen LogP contribution in [0, 0.1) is 0 Å². The number of ether oxygens (including phenoxy) is 3. The fourth-order valence-electron chi connectivity index (χ4n) is 3.91. The van der Waals surface area contributed by atoms with Gasteiger partial charge in [0.25, 0.3) is 5.91 Å². The maximum absolute atomic E-state index is 13.0. The second-order valence-corrected chi connectivity index (χ2v) is 7.52. The predicted octanol–water partition coefficient (Wildman–Crippen LogP) is 2.78. The van der Waals surface area contributed by atoms with Gasteiger partial charge in [0.15, 0.2) is 16.6 Å². The van der Waals surface area contributed by atoms with Gasteiger partial charge in [-0.25, -0.2) is 0 Å². The maximum Gasteiger partial charge on any atom is 0.256 e. The van der Waals surface area contributed by atoms with E-state index >= 15 is 0 Å². The third-order valence-corrected chi connectivity index (χ3v) is 5.86. The molecule has 0 N–H and O–H groups in total. The first-order chi connectivity index (χ1) is 14.1. The number of anilines is 3. The van der Waals surface area contributed by atoms with E-state index in [0.717, 1.165) is 37.7 Å². The van der Waals surface area contributed by atoms with Crippen molar-refractivity contribution in [2.45, 2.75) is 13.0 Å². The minimum absolute atomic E-state index is 0.0638. The number of rotatable bonds is 3. The molecule has 0 aliphatic carbocycles. The second-order valence-electron chi connectivity index (χ2n) is 7.16. The lowest BCUT2D eigenvalue weighted by Gasteiger charge is -2.29. The molecule has 0 spiro atoms. The molecule has 150 valence electrons. The molecule has 0 bridgehead atoms. The summed E-state index contributed by atoms with van der Waals surface area (Å²) in [6, 6.07) is 13.2. The van der Waals surface area contributed by atoms with Crippen LogP contribution < -0.4 is 24.2 Å². The minimum atomic E-state index is -0.387. The molecule has 2 saturated heterocycles. The monoisotopic (exact) mass is 411 g/mol. The number of carbonyl (C=O) groups is 1. The summed E-state index contributed by atoms with van der Waals surface area (Å²) in [5, 5.41) is 0.459. The van der Waals surface area contributed by atoms with Crippen molar-refractivity contribution in [1.29, 1.82) is 0 Å². The second kappa shape index (κ2) is 7.20. The summed E-state index contributed by atoms with van der Waals surface area (Å²) in [6.45, 7) is 5.32. The summed E-state index contributed by atoms with van der Waals surface area (Å²) in [7, 11) is 0. The minimum Gasteiger partial charge on any atom is -0.454 e. The number of hydrogen-bond donors (Lipinski definition) is 0. The number of carbonyl (C=O) groups excluding carboxylic acids is 1. The summed E-state index contributed by atoms with van der Waals surface area (Å²) in [5.74, 6) is 1.24. The van der Waals surface area contributed by atoms with Gasteiger partial charge in [-0.3, -0.25) is 9.69 Å². The Kier molecular flexibility index (Phi) is 4.52. The number of morpholine rings is 1. The number of fused-ring (bicyclic) bond motifs is 1. The van der Waals surface area contributed by atoms with E-state index in [-0.39, 0.29) is 18.7 Å². The van der Waals surface area contributed by atoms with E-state index in [1.807, 2.05) is 30.0 Å². The molecule has 5 rings (SSSR count). The number of hydrogen-bond acceptors (Lipinski definition) is 6. The van der Waals surface area contributed by atoms with Crippen LogP contribution in [0.5, 0.6) is 11.5 Å². The molecule has 29 heavy (non-hydrogen) atoms. The highest BCUT2D eigenvalue weighted by atomic mass is 32.1. The Labute approximate surface area is 174 Å². The Morgan fingerprint density at radius 1 is 0.931 bits per heavy atom. The average Bonchev–Trinajstić information content (AvgIpc) is 3.31. The van der Waals surface area contributed by atoms with Crippen LogP contribution in [0.15, 0.2) is 42.5 Å². The van der Waals surface area contributed by atoms with Crippen molar-refractivity contribution in [3.05, 3.63) is 42.5 Å². The van der Waals surface area contributed by atoms with Gasteiger partial charge in [-0.2, -0.15) is 0 Å². The highest BCUT2D eigenvalue weighted by Crippen LogP contribution is 2.38. The van der Waals surface area contributed by atoms with E-state index in [9.17, 15) is 4.79 Å². The molecule has 7 nitrogen and oxygen atoms in total. The van der Waals surface area contributed by atoms with Gasteiger partial charge in [0, 0.05) is 30.5 Å². The molecule has 3 aliphatic rings. The Morgan fingerprint density at radius 3 is 2.34 bits per heavy atom. The Balaban J connectivity index is 1.41. The lowest BCUT2D eigenvalue weighted by Crippen LogP contribution is -2.36. The van der Waals surface area contributed by atoms with Gasteiger partial charge < -0.3 is 24.0 Å². The number of amides is 1. The Hall–Kier alpha value is -2.84. The van der Waals surface area contributed by atoms with Crippen LogP contribution in [0.4, 0.5) is 17.1 Å². The van der Waals surface area contributed by atoms with Gasteiger partial charge in [0.1, 0.15) is 6.04 Å². The maximum atomic E-state index is 13.0. The summed E-state index contributed by atoms with van der Waals surface area (Å²) in [5.41, 5.74) is 2.73. The summed E-state index contributed by atoms with van der Waals surface area (Å²) in [4.78, 5) is 18.8. The number of benzene rings is 2. The van der Waals surface area contributed by atoms with Gasteiger partial charge in [0.2, 0.25) is 6.79 Å². The summed E-state index contributed by atoms with van der Waals surface area (Å²) in [6.07, 6.45) is 0. The zero-order valence-electron chi connectivity index (χ0n) is 16.0. The fraction of sp³-hybridized carbons (Fsp3) is 0.333. The predicted molar refractivity (Wildman–Crippen MR) is 114 cm³/mol. The van der Waals surface area contributed by atoms with Crippen molar-refractivity contribution in [1.82, 2.24) is 0 Å². The lowest BCUT2D eigenvalue weighted by molar-refractivity contribution is -0.117. The average molecular weight is 411 g/mol. The van der Waals surface area contributed by atoms with Crippen LogP contribution in [-0.4, -0.2) is 50.2 Å². The molecule has 2 fully saturated rings. The zero-order chi connectivity index (χ0) is 20.0. The molecule has 0 saturated carbocycles. The van der Waals surface area contributed by atoms with Crippen LogP contribution >= 0.6 is 12.2 Å². The topological polar surface area (TPSA) is 54.5 Å². The van der Waals surface area contributed by atoms with Crippen molar-refractivity contribution in [2.75, 3.05) is 47.8 Å². The molecular weight excluding hydrogens is 390 g/mol. The van der Waals surface area contributed by atoms with Crippen LogP contribution in [0.25, 0.3) is 0 Å².